The third-order valence-electron chi connectivity index (χ3n) is 3.91. The summed E-state index contributed by atoms with van der Waals surface area (Å²) in [5.74, 6) is -1.24. The number of carbonyl (C=O) groups is 2. The van der Waals surface area contributed by atoms with Crippen LogP contribution < -0.4 is 10.0 Å². The van der Waals surface area contributed by atoms with Crippen LogP contribution in [0.2, 0.25) is 0 Å². The number of alkyl carbamates (subject to hydrolysis) is 1. The maximum Gasteiger partial charge on any atom is 0.408 e. The Morgan fingerprint density at radius 2 is 1.88 bits per heavy atom. The van der Waals surface area contributed by atoms with Gasteiger partial charge in [0.2, 0.25) is 0 Å². The topological polar surface area (TPSA) is 111 Å². The van der Waals surface area contributed by atoms with Crippen molar-refractivity contribution >= 4 is 22.3 Å². The van der Waals surface area contributed by atoms with Crippen LogP contribution in [0.3, 0.4) is 0 Å². The van der Waals surface area contributed by atoms with Gasteiger partial charge in [-0.3, -0.25) is 4.79 Å². The molecule has 8 nitrogen and oxygen atoms in total. The van der Waals surface area contributed by atoms with E-state index in [9.17, 15) is 18.0 Å². The van der Waals surface area contributed by atoms with Gasteiger partial charge in [-0.2, -0.15) is 8.42 Å². The zero-order valence-corrected chi connectivity index (χ0v) is 15.2. The minimum Gasteiger partial charge on any atom is -0.444 e. The van der Waals surface area contributed by atoms with Crippen molar-refractivity contribution in [3.63, 3.8) is 0 Å². The molecule has 0 aromatic carbocycles. The van der Waals surface area contributed by atoms with E-state index in [1.165, 1.54) is 6.08 Å². The van der Waals surface area contributed by atoms with E-state index in [0.29, 0.717) is 12.8 Å². The van der Waals surface area contributed by atoms with Crippen LogP contribution in [0.25, 0.3) is 0 Å². The summed E-state index contributed by atoms with van der Waals surface area (Å²) in [5.41, 5.74) is -2.87. The number of hydrogen-bond donors (Lipinski definition) is 2. The summed E-state index contributed by atoms with van der Waals surface area (Å²) in [6.07, 6.45) is 2.16. The van der Waals surface area contributed by atoms with Crippen molar-refractivity contribution < 1.29 is 26.9 Å². The number of hydrogen-bond acceptors (Lipinski definition) is 6. The summed E-state index contributed by atoms with van der Waals surface area (Å²) < 4.78 is 35.9. The third kappa shape index (κ3) is 4.47. The van der Waals surface area contributed by atoms with Crippen molar-refractivity contribution in [3.8, 4) is 0 Å². The first kappa shape index (κ1) is 18.7. The Kier molecular flexibility index (Phi) is 4.47. The van der Waals surface area contributed by atoms with Crippen LogP contribution in [-0.4, -0.2) is 37.2 Å². The Morgan fingerprint density at radius 1 is 1.29 bits per heavy atom. The molecule has 2 amide bonds. The zero-order chi connectivity index (χ0) is 18.4. The lowest BCUT2D eigenvalue weighted by Crippen LogP contribution is -2.53. The molecule has 0 bridgehead atoms. The van der Waals surface area contributed by atoms with Gasteiger partial charge in [0.1, 0.15) is 11.1 Å². The summed E-state index contributed by atoms with van der Waals surface area (Å²) in [6, 6.07) is 0. The van der Waals surface area contributed by atoms with E-state index >= 15 is 0 Å². The average Bonchev–Trinajstić information content (AvgIpc) is 3.24. The number of amides is 2. The molecule has 0 spiro atoms. The molecule has 0 aromatic rings. The van der Waals surface area contributed by atoms with Crippen molar-refractivity contribution in [1.82, 2.24) is 10.0 Å². The predicted octanol–water partition coefficient (Wildman–Crippen LogP) is 1.39. The maximum atomic E-state index is 12.4. The van der Waals surface area contributed by atoms with Gasteiger partial charge in [0.05, 0.1) is 5.60 Å². The molecule has 2 fully saturated rings. The Hall–Kier alpha value is -1.61. The number of rotatable bonds is 6. The zero-order valence-electron chi connectivity index (χ0n) is 14.3. The fourth-order valence-corrected chi connectivity index (χ4v) is 3.42. The van der Waals surface area contributed by atoms with E-state index in [0.717, 1.165) is 0 Å². The van der Waals surface area contributed by atoms with Gasteiger partial charge in [-0.05, 0) is 47.0 Å². The van der Waals surface area contributed by atoms with Crippen molar-refractivity contribution in [2.75, 3.05) is 0 Å². The first-order valence-electron chi connectivity index (χ1n) is 7.72. The van der Waals surface area contributed by atoms with Crippen molar-refractivity contribution in [1.29, 1.82) is 0 Å². The largest absolute Gasteiger partial charge is 0.444 e. The molecule has 2 N–H and O–H groups in total. The standard InChI is InChI=1S/C15H24N2O6S/c1-6-10-9-15(10,16-12(19)22-13(2,3)4)11(18)17-24(20,21)23-14(5)7-8-14/h6,10H,1,7-9H2,2-5H3,(H,16,19)(H,17,18)/t10-,15-/m1/s1. The van der Waals surface area contributed by atoms with Gasteiger partial charge in [-0.15, -0.1) is 6.58 Å². The summed E-state index contributed by atoms with van der Waals surface area (Å²) in [5, 5.41) is 2.46. The van der Waals surface area contributed by atoms with Crippen LogP contribution >= 0.6 is 0 Å². The fraction of sp³-hybridized carbons (Fsp3) is 0.733. The second kappa shape index (κ2) is 5.73. The summed E-state index contributed by atoms with van der Waals surface area (Å²) in [6.45, 7) is 10.3. The van der Waals surface area contributed by atoms with E-state index in [-0.39, 0.29) is 12.3 Å². The molecular weight excluding hydrogens is 336 g/mol. The molecule has 0 heterocycles. The van der Waals surface area contributed by atoms with Crippen LogP contribution in [0, 0.1) is 5.92 Å². The van der Waals surface area contributed by atoms with Crippen molar-refractivity contribution in [2.45, 2.75) is 63.7 Å². The highest BCUT2D eigenvalue weighted by Gasteiger charge is 2.61. The van der Waals surface area contributed by atoms with Gasteiger partial charge in [0, 0.05) is 5.92 Å². The second-order valence-electron chi connectivity index (χ2n) is 7.56. The molecule has 2 aliphatic carbocycles. The van der Waals surface area contributed by atoms with Gasteiger partial charge in [0.25, 0.3) is 5.91 Å². The highest BCUT2D eigenvalue weighted by molar-refractivity contribution is 7.85. The van der Waals surface area contributed by atoms with Crippen LogP contribution in [0.4, 0.5) is 4.79 Å². The van der Waals surface area contributed by atoms with Crippen LogP contribution in [0.15, 0.2) is 12.7 Å². The van der Waals surface area contributed by atoms with Gasteiger partial charge < -0.3 is 10.1 Å². The number of ether oxygens (including phenoxy) is 1. The molecule has 2 atom stereocenters. The van der Waals surface area contributed by atoms with E-state index in [1.807, 2.05) is 4.72 Å². The average molecular weight is 360 g/mol. The number of nitrogens with one attached hydrogen (secondary N) is 2. The molecule has 2 aliphatic rings. The lowest BCUT2D eigenvalue weighted by Gasteiger charge is -2.23. The lowest BCUT2D eigenvalue weighted by molar-refractivity contribution is -0.122. The van der Waals surface area contributed by atoms with Gasteiger partial charge in [-0.25, -0.2) is 13.7 Å². The SMILES string of the molecule is C=C[C@@H]1C[C@]1(NC(=O)OC(C)(C)C)C(=O)NS(=O)(=O)OC1(C)CC1. The highest BCUT2D eigenvalue weighted by atomic mass is 32.2. The Bertz CT molecular complexity index is 662. The Morgan fingerprint density at radius 3 is 2.29 bits per heavy atom. The van der Waals surface area contributed by atoms with Crippen molar-refractivity contribution in [3.05, 3.63) is 12.7 Å². The quantitative estimate of drug-likeness (QED) is 0.693. The number of carbonyl (C=O) groups excluding carboxylic acids is 2. The highest BCUT2D eigenvalue weighted by Crippen LogP contribution is 2.45. The van der Waals surface area contributed by atoms with Crippen LogP contribution in [0.1, 0.15) is 47.0 Å². The smallest absolute Gasteiger partial charge is 0.408 e. The lowest BCUT2D eigenvalue weighted by atomic mass is 10.2. The van der Waals surface area contributed by atoms with E-state index in [2.05, 4.69) is 11.9 Å². The van der Waals surface area contributed by atoms with E-state index in [4.69, 9.17) is 8.92 Å². The molecule has 0 radical (unpaired) electrons. The Labute approximate surface area is 142 Å². The monoisotopic (exact) mass is 360 g/mol. The first-order chi connectivity index (χ1) is 10.8. The first-order valence-corrected chi connectivity index (χ1v) is 9.13. The normalized spacial score (nSPS) is 27.8. The molecule has 136 valence electrons. The predicted molar refractivity (Wildman–Crippen MR) is 86.2 cm³/mol. The molecule has 0 unspecified atom stereocenters. The summed E-state index contributed by atoms with van der Waals surface area (Å²) in [4.78, 5) is 24.4. The molecular formula is C15H24N2O6S. The molecule has 9 heteroatoms. The summed E-state index contributed by atoms with van der Waals surface area (Å²) in [7, 11) is -4.25. The minimum atomic E-state index is -4.25. The molecule has 0 aliphatic heterocycles. The Balaban J connectivity index is 2.05. The van der Waals surface area contributed by atoms with E-state index < -0.39 is 39.0 Å². The molecule has 0 aromatic heterocycles. The van der Waals surface area contributed by atoms with Crippen LogP contribution in [0.5, 0.6) is 0 Å². The van der Waals surface area contributed by atoms with Gasteiger partial charge in [0.15, 0.2) is 0 Å². The molecule has 2 saturated carbocycles. The minimum absolute atomic E-state index is 0.244. The van der Waals surface area contributed by atoms with Gasteiger partial charge >= 0.3 is 16.4 Å². The fourth-order valence-electron chi connectivity index (χ4n) is 2.27. The molecule has 0 saturated heterocycles. The third-order valence-corrected chi connectivity index (χ3v) is 4.97. The summed E-state index contributed by atoms with van der Waals surface area (Å²) >= 11 is 0. The van der Waals surface area contributed by atoms with Gasteiger partial charge in [-0.1, -0.05) is 6.08 Å². The second-order valence-corrected chi connectivity index (χ2v) is 8.84. The molecule has 24 heavy (non-hydrogen) atoms. The molecule has 2 rings (SSSR count). The van der Waals surface area contributed by atoms with Crippen molar-refractivity contribution in [2.24, 2.45) is 5.92 Å². The van der Waals surface area contributed by atoms with E-state index in [1.54, 1.807) is 27.7 Å². The van der Waals surface area contributed by atoms with Crippen LogP contribution in [-0.2, 0) is 24.0 Å². The maximum absolute atomic E-state index is 12.4.